The summed E-state index contributed by atoms with van der Waals surface area (Å²) < 4.78 is 134. The molecule has 0 aliphatic carbocycles. The molecular weight excluding hydrogens is 337 g/mol. The van der Waals surface area contributed by atoms with Gasteiger partial charge in [0.1, 0.15) is 0 Å². The van der Waals surface area contributed by atoms with Crippen LogP contribution in [0.1, 0.15) is 0 Å². The number of rotatable bonds is 5. The van der Waals surface area contributed by atoms with Crippen molar-refractivity contribution in [2.45, 2.75) is 23.3 Å². The van der Waals surface area contributed by atoms with E-state index in [0.717, 1.165) is 0 Å². The second-order valence-electron chi connectivity index (χ2n) is 2.88. The summed E-state index contributed by atoms with van der Waals surface area (Å²) in [6, 6.07) is 0. The van der Waals surface area contributed by atoms with E-state index in [0.29, 0.717) is 0 Å². The molecule has 0 heterocycles. The average molecular weight is 343 g/mol. The number of halogens is 9. The fourth-order valence-corrected chi connectivity index (χ4v) is 1.41. The van der Waals surface area contributed by atoms with Gasteiger partial charge in [-0.3, -0.25) is 0 Å². The highest BCUT2D eigenvalue weighted by molar-refractivity contribution is 7.88. The molecule has 0 radical (unpaired) electrons. The summed E-state index contributed by atoms with van der Waals surface area (Å²) in [7, 11) is -6.79. The molecule has 0 amide bonds. The van der Waals surface area contributed by atoms with Crippen molar-refractivity contribution in [3.63, 3.8) is 0 Å². The van der Waals surface area contributed by atoms with Crippen LogP contribution in [0.25, 0.3) is 0 Å². The van der Waals surface area contributed by atoms with Gasteiger partial charge in [0.05, 0.1) is 6.26 Å². The first-order valence-corrected chi connectivity index (χ1v) is 5.21. The Bertz CT molecular complexity index is 455. The van der Waals surface area contributed by atoms with Crippen molar-refractivity contribution in [3.8, 4) is 0 Å². The molecule has 0 unspecified atom stereocenters. The molecule has 0 fully saturated rings. The minimum atomic E-state index is -7.30. The number of hydrogen-bond acceptors (Lipinski definition) is 4. The minimum absolute atomic E-state index is 0. The zero-order chi connectivity index (χ0) is 15.9. The standard InChI is InChI=1S/C6H3F9O3S.H3N/c1-2-18-19(16,17)6(14,15)4(9,10)3(7,8)5(11,12)13;/h2H,1H2;1H3. The molecule has 0 saturated heterocycles. The summed E-state index contributed by atoms with van der Waals surface area (Å²) >= 11 is 0. The molecular formula is C6H6F9NO3S. The van der Waals surface area contributed by atoms with E-state index < -0.39 is 33.4 Å². The van der Waals surface area contributed by atoms with Gasteiger partial charge in [-0.25, -0.2) is 0 Å². The highest BCUT2D eigenvalue weighted by Crippen LogP contribution is 2.54. The number of hydrogen-bond donors (Lipinski definition) is 1. The van der Waals surface area contributed by atoms with Crippen LogP contribution in [0, 0.1) is 0 Å². The Hall–Kier alpha value is -1.18. The van der Waals surface area contributed by atoms with E-state index in [9.17, 15) is 47.9 Å². The van der Waals surface area contributed by atoms with Crippen LogP contribution >= 0.6 is 0 Å². The van der Waals surface area contributed by atoms with Gasteiger partial charge in [-0.1, -0.05) is 6.58 Å². The molecule has 0 spiro atoms. The first kappa shape index (κ1) is 21.1. The lowest BCUT2D eigenvalue weighted by molar-refractivity contribution is -0.382. The van der Waals surface area contributed by atoms with Crippen molar-refractivity contribution < 1.29 is 52.1 Å². The van der Waals surface area contributed by atoms with Crippen LogP contribution in [0.15, 0.2) is 12.8 Å². The summed E-state index contributed by atoms with van der Waals surface area (Å²) in [6.07, 6.45) is -7.46. The summed E-state index contributed by atoms with van der Waals surface area (Å²) in [6.45, 7) is 2.36. The lowest BCUT2D eigenvalue weighted by atomic mass is 10.1. The normalized spacial score (nSPS) is 14.4. The van der Waals surface area contributed by atoms with Crippen molar-refractivity contribution in [1.82, 2.24) is 6.15 Å². The van der Waals surface area contributed by atoms with E-state index in [2.05, 4.69) is 10.8 Å². The third-order valence-corrected chi connectivity index (χ3v) is 2.90. The minimum Gasteiger partial charge on any atom is -0.387 e. The maximum Gasteiger partial charge on any atom is 0.460 e. The first-order valence-electron chi connectivity index (χ1n) is 3.80. The Morgan fingerprint density at radius 2 is 1.20 bits per heavy atom. The molecule has 4 nitrogen and oxygen atoms in total. The van der Waals surface area contributed by atoms with E-state index >= 15 is 0 Å². The van der Waals surface area contributed by atoms with Crippen LogP contribution in [0.2, 0.25) is 0 Å². The Kier molecular flexibility index (Phi) is 5.61. The van der Waals surface area contributed by atoms with Crippen molar-refractivity contribution >= 4 is 10.1 Å². The van der Waals surface area contributed by atoms with Gasteiger partial charge in [0.2, 0.25) is 0 Å². The monoisotopic (exact) mass is 343 g/mol. The molecule has 0 atom stereocenters. The van der Waals surface area contributed by atoms with Gasteiger partial charge >= 0.3 is 33.4 Å². The SMILES string of the molecule is C=COS(=O)(=O)C(F)(F)C(F)(F)C(F)(F)C(F)(F)F.N. The van der Waals surface area contributed by atoms with Crippen molar-refractivity contribution in [3.05, 3.63) is 12.8 Å². The Morgan fingerprint density at radius 1 is 0.850 bits per heavy atom. The molecule has 14 heteroatoms. The van der Waals surface area contributed by atoms with E-state index in [-0.39, 0.29) is 12.4 Å². The summed E-state index contributed by atoms with van der Waals surface area (Å²) in [5, 5.41) is -6.84. The van der Waals surface area contributed by atoms with Crippen LogP contribution in [-0.4, -0.2) is 31.7 Å². The lowest BCUT2D eigenvalue weighted by Crippen LogP contribution is -2.63. The molecule has 0 aliphatic heterocycles. The topological polar surface area (TPSA) is 78.4 Å². The quantitative estimate of drug-likeness (QED) is 0.473. The van der Waals surface area contributed by atoms with E-state index in [1.165, 1.54) is 0 Å². The van der Waals surface area contributed by atoms with Crippen molar-refractivity contribution in [2.75, 3.05) is 0 Å². The Morgan fingerprint density at radius 3 is 1.45 bits per heavy atom. The van der Waals surface area contributed by atoms with Gasteiger partial charge < -0.3 is 10.3 Å². The molecule has 0 saturated carbocycles. The smallest absolute Gasteiger partial charge is 0.387 e. The molecule has 0 rings (SSSR count). The highest BCUT2D eigenvalue weighted by atomic mass is 32.2. The summed E-state index contributed by atoms with van der Waals surface area (Å²) in [4.78, 5) is 0. The number of alkyl halides is 9. The zero-order valence-electron chi connectivity index (χ0n) is 9.03. The fourth-order valence-electron chi connectivity index (χ4n) is 0.668. The van der Waals surface area contributed by atoms with Crippen LogP contribution in [0.5, 0.6) is 0 Å². The van der Waals surface area contributed by atoms with Gasteiger partial charge in [0.25, 0.3) is 0 Å². The molecule has 20 heavy (non-hydrogen) atoms. The molecule has 0 aromatic rings. The first-order chi connectivity index (χ1) is 8.06. The van der Waals surface area contributed by atoms with Gasteiger partial charge in [0, 0.05) is 0 Å². The largest absolute Gasteiger partial charge is 0.460 e. The van der Waals surface area contributed by atoms with Gasteiger partial charge in [-0.2, -0.15) is 47.9 Å². The lowest BCUT2D eigenvalue weighted by Gasteiger charge is -2.32. The van der Waals surface area contributed by atoms with E-state index in [1.807, 2.05) is 0 Å². The second-order valence-corrected chi connectivity index (χ2v) is 4.49. The van der Waals surface area contributed by atoms with Crippen LogP contribution in [-0.2, 0) is 14.3 Å². The molecule has 0 aromatic carbocycles. The zero-order valence-corrected chi connectivity index (χ0v) is 9.84. The third-order valence-electron chi connectivity index (χ3n) is 1.62. The van der Waals surface area contributed by atoms with Crippen LogP contribution < -0.4 is 6.15 Å². The average Bonchev–Trinajstić information content (AvgIpc) is 2.14. The Labute approximate surface area is 105 Å². The second kappa shape index (κ2) is 5.31. The fraction of sp³-hybridized carbons (Fsp3) is 0.667. The van der Waals surface area contributed by atoms with Gasteiger partial charge in [-0.05, 0) is 0 Å². The molecule has 0 aromatic heterocycles. The van der Waals surface area contributed by atoms with Gasteiger partial charge in [0.15, 0.2) is 0 Å². The predicted molar refractivity (Wildman–Crippen MR) is 46.1 cm³/mol. The maximum absolute atomic E-state index is 12.7. The predicted octanol–water partition coefficient (Wildman–Crippen LogP) is 3.06. The Balaban J connectivity index is 0. The molecule has 3 N–H and O–H groups in total. The molecule has 122 valence electrons. The summed E-state index contributed by atoms with van der Waals surface area (Å²) in [5.41, 5.74) is 0. The highest BCUT2D eigenvalue weighted by Gasteiger charge is 2.86. The van der Waals surface area contributed by atoms with Crippen LogP contribution in [0.4, 0.5) is 39.5 Å². The molecule has 0 bridgehead atoms. The molecule has 0 aliphatic rings. The van der Waals surface area contributed by atoms with Gasteiger partial charge in [-0.15, -0.1) is 0 Å². The van der Waals surface area contributed by atoms with Crippen molar-refractivity contribution in [2.24, 2.45) is 0 Å². The third kappa shape index (κ3) is 2.79. The van der Waals surface area contributed by atoms with Crippen molar-refractivity contribution in [1.29, 1.82) is 0 Å². The van der Waals surface area contributed by atoms with E-state index in [4.69, 9.17) is 0 Å². The van der Waals surface area contributed by atoms with E-state index in [1.54, 1.807) is 0 Å². The van der Waals surface area contributed by atoms with Crippen LogP contribution in [0.3, 0.4) is 0 Å². The summed E-state index contributed by atoms with van der Waals surface area (Å²) in [5.74, 6) is -14.6. The maximum atomic E-state index is 12.7.